The number of rotatable bonds is 7. The summed E-state index contributed by atoms with van der Waals surface area (Å²) in [7, 11) is 0. The maximum Gasteiger partial charge on any atom is 0.573 e. The largest absolute Gasteiger partial charge is 0.573 e. The Morgan fingerprint density at radius 3 is 2.53 bits per heavy atom. The highest BCUT2D eigenvalue weighted by Gasteiger charge is 2.31. The van der Waals surface area contributed by atoms with E-state index in [0.717, 1.165) is 19.9 Å². The van der Waals surface area contributed by atoms with E-state index in [1.165, 1.54) is 34.9 Å². The van der Waals surface area contributed by atoms with E-state index in [0.29, 0.717) is 22.5 Å². The summed E-state index contributed by atoms with van der Waals surface area (Å²) < 4.78 is 50.1. The van der Waals surface area contributed by atoms with Gasteiger partial charge in [-0.25, -0.2) is 18.9 Å². The molecule has 12 heteroatoms. The average molecular weight is 517 g/mol. The number of hydrogen-bond donors (Lipinski definition) is 1. The molecular formula is C24H19F3N4O4S. The predicted molar refractivity (Wildman–Crippen MR) is 127 cm³/mol. The molecule has 1 N–H and O–H groups in total. The summed E-state index contributed by atoms with van der Waals surface area (Å²) in [6.45, 7) is 1.80. The van der Waals surface area contributed by atoms with Crippen molar-refractivity contribution in [3.05, 3.63) is 76.3 Å². The molecule has 0 amide bonds. The number of aromatic nitrogens is 4. The van der Waals surface area contributed by atoms with Crippen LogP contribution in [-0.4, -0.2) is 43.3 Å². The van der Waals surface area contributed by atoms with Crippen molar-refractivity contribution in [1.29, 1.82) is 0 Å². The molecule has 0 bridgehead atoms. The van der Waals surface area contributed by atoms with E-state index in [-0.39, 0.29) is 18.9 Å². The highest BCUT2D eigenvalue weighted by Crippen LogP contribution is 2.27. The van der Waals surface area contributed by atoms with Gasteiger partial charge in [-0.15, -0.1) is 29.6 Å². The molecule has 0 fully saturated rings. The fourth-order valence-corrected chi connectivity index (χ4v) is 4.57. The summed E-state index contributed by atoms with van der Waals surface area (Å²) >= 11 is 1.55. The minimum Gasteiger partial charge on any atom is -0.491 e. The first-order valence-electron chi connectivity index (χ1n) is 10.8. The molecule has 5 aromatic rings. The van der Waals surface area contributed by atoms with Crippen LogP contribution in [0.15, 0.2) is 65.6 Å². The molecule has 0 saturated carbocycles. The van der Waals surface area contributed by atoms with Gasteiger partial charge in [-0.2, -0.15) is 0 Å². The number of aliphatic hydroxyl groups is 1. The second kappa shape index (κ2) is 9.28. The van der Waals surface area contributed by atoms with Gasteiger partial charge in [-0.05, 0) is 60.5 Å². The molecule has 0 aliphatic rings. The number of aliphatic hydroxyl groups excluding tert-OH is 1. The SMILES string of the molecule is Cc1nc2ccc(OCC(O)Cn3nc4ccc(-c5ccc(OC(F)(F)F)cc5)cn4c3=O)cc2s1. The van der Waals surface area contributed by atoms with Gasteiger partial charge in [0.05, 0.1) is 21.8 Å². The van der Waals surface area contributed by atoms with Crippen molar-refractivity contribution in [2.75, 3.05) is 6.61 Å². The first-order valence-corrected chi connectivity index (χ1v) is 11.6. The molecule has 0 spiro atoms. The van der Waals surface area contributed by atoms with Gasteiger partial charge in [0, 0.05) is 6.20 Å². The molecule has 36 heavy (non-hydrogen) atoms. The monoisotopic (exact) mass is 516 g/mol. The van der Waals surface area contributed by atoms with Gasteiger partial charge in [0.25, 0.3) is 0 Å². The molecular weight excluding hydrogens is 497 g/mol. The third-order valence-electron chi connectivity index (χ3n) is 5.29. The Bertz CT molecular complexity index is 1590. The number of benzene rings is 2. The summed E-state index contributed by atoms with van der Waals surface area (Å²) in [6, 6.07) is 14.1. The highest BCUT2D eigenvalue weighted by molar-refractivity contribution is 7.18. The Balaban J connectivity index is 1.28. The zero-order valence-corrected chi connectivity index (χ0v) is 19.6. The van der Waals surface area contributed by atoms with Crippen molar-refractivity contribution in [2.45, 2.75) is 25.9 Å². The van der Waals surface area contributed by atoms with Gasteiger partial charge in [0.2, 0.25) is 0 Å². The number of aryl methyl sites for hydroxylation is 1. The third kappa shape index (κ3) is 5.19. The number of ether oxygens (including phenoxy) is 2. The Hall–Kier alpha value is -3.90. The highest BCUT2D eigenvalue weighted by atomic mass is 32.1. The molecule has 0 saturated heterocycles. The van der Waals surface area contributed by atoms with Crippen LogP contribution in [0.2, 0.25) is 0 Å². The molecule has 0 aliphatic heterocycles. The number of thiazole rings is 1. The van der Waals surface area contributed by atoms with Crippen LogP contribution in [0.5, 0.6) is 11.5 Å². The molecule has 3 heterocycles. The van der Waals surface area contributed by atoms with Crippen molar-refractivity contribution in [3.63, 3.8) is 0 Å². The predicted octanol–water partition coefficient (Wildman–Crippen LogP) is 4.42. The Labute approximate surface area is 205 Å². The number of fused-ring (bicyclic) bond motifs is 2. The van der Waals surface area contributed by atoms with E-state index in [9.17, 15) is 23.1 Å². The Kier molecular flexibility index (Phi) is 6.14. The van der Waals surface area contributed by atoms with Crippen LogP contribution in [0, 0.1) is 6.92 Å². The second-order valence-corrected chi connectivity index (χ2v) is 9.24. The molecule has 1 unspecified atom stereocenters. The van der Waals surface area contributed by atoms with E-state index in [1.807, 2.05) is 19.1 Å². The molecule has 0 radical (unpaired) electrons. The van der Waals surface area contributed by atoms with E-state index >= 15 is 0 Å². The lowest BCUT2D eigenvalue weighted by Gasteiger charge is -2.11. The topological polar surface area (TPSA) is 90.9 Å². The maximum atomic E-state index is 12.8. The Morgan fingerprint density at radius 2 is 1.78 bits per heavy atom. The molecule has 2 aromatic carbocycles. The van der Waals surface area contributed by atoms with Crippen LogP contribution in [0.3, 0.4) is 0 Å². The lowest BCUT2D eigenvalue weighted by Crippen LogP contribution is -2.30. The number of pyridine rings is 1. The van der Waals surface area contributed by atoms with Crippen LogP contribution in [0.4, 0.5) is 13.2 Å². The molecule has 0 aliphatic carbocycles. The summed E-state index contributed by atoms with van der Waals surface area (Å²) in [5.74, 6) is 0.249. The number of halogens is 3. The van der Waals surface area contributed by atoms with Crippen molar-refractivity contribution < 1.29 is 27.8 Å². The first-order chi connectivity index (χ1) is 17.1. The average Bonchev–Trinajstić information content (AvgIpc) is 3.35. The standard InChI is InChI=1S/C24H19F3N4O4S/c1-14-28-20-8-7-19(10-21(20)36-14)34-13-17(32)12-31-23(33)30-11-16(4-9-22(30)29-31)15-2-5-18(6-3-15)35-24(25,26)27/h2-11,17,32H,12-13H2,1H3. The summed E-state index contributed by atoms with van der Waals surface area (Å²) in [6.07, 6.45) is -4.23. The minimum absolute atomic E-state index is 0.0405. The van der Waals surface area contributed by atoms with Gasteiger partial charge < -0.3 is 14.6 Å². The fraction of sp³-hybridized carbons (Fsp3) is 0.208. The molecule has 1 atom stereocenters. The maximum absolute atomic E-state index is 12.8. The normalized spacial score (nSPS) is 12.8. The molecule has 3 aromatic heterocycles. The Morgan fingerprint density at radius 1 is 1.06 bits per heavy atom. The number of nitrogens with zero attached hydrogens (tertiary/aromatic N) is 4. The van der Waals surface area contributed by atoms with Crippen molar-refractivity contribution in [3.8, 4) is 22.6 Å². The van der Waals surface area contributed by atoms with E-state index in [4.69, 9.17) is 4.74 Å². The fourth-order valence-electron chi connectivity index (χ4n) is 3.71. The van der Waals surface area contributed by atoms with Gasteiger partial charge in [-0.3, -0.25) is 0 Å². The second-order valence-electron chi connectivity index (χ2n) is 8.01. The van der Waals surface area contributed by atoms with Crippen LogP contribution in [-0.2, 0) is 6.54 Å². The van der Waals surface area contributed by atoms with E-state index in [1.54, 1.807) is 29.5 Å². The minimum atomic E-state index is -4.77. The molecule has 186 valence electrons. The van der Waals surface area contributed by atoms with Gasteiger partial charge in [-0.1, -0.05) is 12.1 Å². The number of hydrogen-bond acceptors (Lipinski definition) is 7. The first kappa shape index (κ1) is 23.8. The zero-order valence-electron chi connectivity index (χ0n) is 18.8. The molecule has 8 nitrogen and oxygen atoms in total. The summed E-state index contributed by atoms with van der Waals surface area (Å²) in [5.41, 5.74) is 1.96. The zero-order chi connectivity index (χ0) is 25.4. The van der Waals surface area contributed by atoms with Gasteiger partial charge in [0.1, 0.15) is 24.2 Å². The summed E-state index contributed by atoms with van der Waals surface area (Å²) in [4.78, 5) is 17.2. The van der Waals surface area contributed by atoms with Crippen LogP contribution < -0.4 is 15.2 Å². The smallest absolute Gasteiger partial charge is 0.491 e. The summed E-state index contributed by atoms with van der Waals surface area (Å²) in [5, 5.41) is 15.6. The lowest BCUT2D eigenvalue weighted by molar-refractivity contribution is -0.274. The van der Waals surface area contributed by atoms with Crippen molar-refractivity contribution in [2.24, 2.45) is 0 Å². The van der Waals surface area contributed by atoms with Crippen molar-refractivity contribution in [1.82, 2.24) is 19.2 Å². The van der Waals surface area contributed by atoms with Gasteiger partial charge >= 0.3 is 12.1 Å². The number of alkyl halides is 3. The van der Waals surface area contributed by atoms with Crippen LogP contribution in [0.1, 0.15) is 5.01 Å². The van der Waals surface area contributed by atoms with E-state index in [2.05, 4.69) is 14.8 Å². The molecule has 5 rings (SSSR count). The lowest BCUT2D eigenvalue weighted by atomic mass is 10.1. The van der Waals surface area contributed by atoms with Crippen LogP contribution in [0.25, 0.3) is 27.0 Å². The van der Waals surface area contributed by atoms with Gasteiger partial charge in [0.15, 0.2) is 5.65 Å². The van der Waals surface area contributed by atoms with Crippen molar-refractivity contribution >= 4 is 27.2 Å². The third-order valence-corrected chi connectivity index (χ3v) is 6.22. The van der Waals surface area contributed by atoms with Crippen LogP contribution >= 0.6 is 11.3 Å². The van der Waals surface area contributed by atoms with E-state index < -0.39 is 18.2 Å². The quantitative estimate of drug-likeness (QED) is 0.345.